The summed E-state index contributed by atoms with van der Waals surface area (Å²) in [6.07, 6.45) is -6.60. The number of hydrogen-bond donors (Lipinski definition) is 4. The molecule has 1 heterocycles. The van der Waals surface area contributed by atoms with Crippen molar-refractivity contribution in [2.45, 2.75) is 12.6 Å². The van der Waals surface area contributed by atoms with Gasteiger partial charge in [0.05, 0.1) is 12.0 Å². The van der Waals surface area contributed by atoms with E-state index in [4.69, 9.17) is 20.5 Å². The van der Waals surface area contributed by atoms with Crippen molar-refractivity contribution < 1.29 is 33.7 Å². The molecule has 0 aromatic carbocycles. The highest BCUT2D eigenvalue weighted by molar-refractivity contribution is 5.48. The van der Waals surface area contributed by atoms with Crippen LogP contribution in [0.5, 0.6) is 17.4 Å². The number of aromatic hydroxyl groups is 3. The monoisotopic (exact) mass is 241 g/mol. The first kappa shape index (κ1) is 12.0. The lowest BCUT2D eigenvalue weighted by Crippen LogP contribution is -2.21. The van der Waals surface area contributed by atoms with Crippen LogP contribution in [0.25, 0.3) is 0 Å². The number of nitrogens with zero attached hydrogens (tertiary/aromatic N) is 1. The van der Waals surface area contributed by atoms with Crippen molar-refractivity contribution in [1.82, 2.24) is 4.73 Å². The van der Waals surface area contributed by atoms with E-state index in [-0.39, 0.29) is 0 Å². The molecule has 16 heavy (non-hydrogen) atoms. The number of alkyl halides is 3. The Morgan fingerprint density at radius 3 is 2.06 bits per heavy atom. The van der Waals surface area contributed by atoms with Gasteiger partial charge in [0.2, 0.25) is 11.6 Å². The van der Waals surface area contributed by atoms with Crippen LogP contribution in [0.3, 0.4) is 0 Å². The van der Waals surface area contributed by atoms with Crippen molar-refractivity contribution in [3.63, 3.8) is 0 Å². The van der Waals surface area contributed by atoms with E-state index < -0.39 is 45.8 Å². The highest BCUT2D eigenvalue weighted by Gasteiger charge is 2.33. The fourth-order valence-electron chi connectivity index (χ4n) is 1.04. The summed E-state index contributed by atoms with van der Waals surface area (Å²) in [6.45, 7) is 0. The molecule has 1 aromatic heterocycles. The second-order valence-corrected chi connectivity index (χ2v) is 2.91. The van der Waals surface area contributed by atoms with E-state index in [1.807, 2.05) is 0 Å². The fourth-order valence-corrected chi connectivity index (χ4v) is 1.04. The summed E-state index contributed by atoms with van der Waals surface area (Å²) in [4.78, 5) is 10.8. The molecule has 0 saturated heterocycles. The maximum Gasteiger partial charge on any atom is 0.393 e. The zero-order valence-electron chi connectivity index (χ0n) is 7.49. The van der Waals surface area contributed by atoms with Crippen molar-refractivity contribution in [3.05, 3.63) is 15.9 Å². The summed E-state index contributed by atoms with van der Waals surface area (Å²) in [7, 11) is 0. The Morgan fingerprint density at radius 1 is 1.12 bits per heavy atom. The van der Waals surface area contributed by atoms with Gasteiger partial charge < -0.3 is 20.5 Å². The summed E-state index contributed by atoms with van der Waals surface area (Å²) in [5, 5.41) is 35.7. The molecule has 0 aliphatic heterocycles. The van der Waals surface area contributed by atoms with Gasteiger partial charge in [-0.2, -0.15) is 13.2 Å². The Morgan fingerprint density at radius 2 is 1.62 bits per heavy atom. The van der Waals surface area contributed by atoms with Crippen molar-refractivity contribution in [2.24, 2.45) is 0 Å². The van der Waals surface area contributed by atoms with Crippen LogP contribution < -0.4 is 5.56 Å². The first-order valence-corrected chi connectivity index (χ1v) is 3.80. The van der Waals surface area contributed by atoms with Crippen LogP contribution in [0, 0.1) is 0 Å². The molecule has 6 nitrogen and oxygen atoms in total. The summed E-state index contributed by atoms with van der Waals surface area (Å²) in [5.41, 5.74) is -2.81. The van der Waals surface area contributed by atoms with Crippen LogP contribution >= 0.6 is 0 Å². The van der Waals surface area contributed by atoms with Crippen molar-refractivity contribution >= 4 is 0 Å². The lowest BCUT2D eigenvalue weighted by atomic mass is 10.1. The Balaban J connectivity index is 3.46. The molecule has 0 saturated carbocycles. The van der Waals surface area contributed by atoms with Gasteiger partial charge >= 0.3 is 11.7 Å². The fraction of sp³-hybridized carbons (Fsp3) is 0.286. The minimum Gasteiger partial charge on any atom is -0.504 e. The molecule has 0 unspecified atom stereocenters. The lowest BCUT2D eigenvalue weighted by Gasteiger charge is -2.12. The Labute approximate surface area is 85.4 Å². The summed E-state index contributed by atoms with van der Waals surface area (Å²) < 4.78 is 35.4. The Kier molecular flexibility index (Phi) is 2.63. The van der Waals surface area contributed by atoms with E-state index in [1.165, 1.54) is 0 Å². The van der Waals surface area contributed by atoms with Gasteiger partial charge in [-0.05, 0) is 0 Å². The third-order valence-corrected chi connectivity index (χ3v) is 1.75. The highest BCUT2D eigenvalue weighted by atomic mass is 19.4. The summed E-state index contributed by atoms with van der Waals surface area (Å²) in [6, 6.07) is 0. The zero-order chi connectivity index (χ0) is 12.7. The van der Waals surface area contributed by atoms with Crippen molar-refractivity contribution in [3.8, 4) is 17.4 Å². The van der Waals surface area contributed by atoms with E-state index >= 15 is 0 Å². The van der Waals surface area contributed by atoms with Gasteiger partial charge in [0.25, 0.3) is 0 Å². The van der Waals surface area contributed by atoms with Gasteiger partial charge in [0, 0.05) is 0 Å². The third kappa shape index (κ3) is 1.97. The normalized spacial score (nSPS) is 11.7. The molecule has 1 rings (SSSR count). The molecule has 0 radical (unpaired) electrons. The minimum absolute atomic E-state index is 0.587. The average molecular weight is 241 g/mol. The molecular formula is C7H6F3NO5. The van der Waals surface area contributed by atoms with Crippen LogP contribution in [0.4, 0.5) is 13.2 Å². The summed E-state index contributed by atoms with van der Waals surface area (Å²) in [5.74, 6) is -4.36. The first-order valence-electron chi connectivity index (χ1n) is 3.80. The predicted molar refractivity (Wildman–Crippen MR) is 42.6 cm³/mol. The molecule has 0 atom stereocenters. The molecule has 9 heteroatoms. The Hall–Kier alpha value is -2.06. The molecule has 90 valence electrons. The molecule has 1 aromatic rings. The molecular weight excluding hydrogens is 235 g/mol. The molecule has 0 fully saturated rings. The van der Waals surface area contributed by atoms with Crippen LogP contribution in [0.1, 0.15) is 5.56 Å². The number of pyridine rings is 1. The van der Waals surface area contributed by atoms with E-state index in [1.54, 1.807) is 0 Å². The number of rotatable bonds is 1. The third-order valence-electron chi connectivity index (χ3n) is 1.75. The van der Waals surface area contributed by atoms with E-state index in [2.05, 4.69) is 0 Å². The molecule has 0 spiro atoms. The van der Waals surface area contributed by atoms with E-state index in [9.17, 15) is 18.0 Å². The van der Waals surface area contributed by atoms with Crippen LogP contribution in [0.2, 0.25) is 0 Å². The number of hydrogen-bond acceptors (Lipinski definition) is 5. The lowest BCUT2D eigenvalue weighted by molar-refractivity contribution is -0.128. The summed E-state index contributed by atoms with van der Waals surface area (Å²) >= 11 is 0. The van der Waals surface area contributed by atoms with Crippen molar-refractivity contribution in [1.29, 1.82) is 0 Å². The molecule has 0 aliphatic rings. The number of aromatic nitrogens is 1. The quantitative estimate of drug-likeness (QED) is 0.530. The van der Waals surface area contributed by atoms with Gasteiger partial charge in [0.1, 0.15) is 0 Å². The smallest absolute Gasteiger partial charge is 0.393 e. The van der Waals surface area contributed by atoms with Crippen LogP contribution in [-0.4, -0.2) is 31.4 Å². The maximum absolute atomic E-state index is 12.0. The molecule has 0 amide bonds. The molecule has 0 aliphatic carbocycles. The second kappa shape index (κ2) is 3.51. The van der Waals surface area contributed by atoms with E-state index in [0.717, 1.165) is 0 Å². The minimum atomic E-state index is -4.79. The second-order valence-electron chi connectivity index (χ2n) is 2.91. The zero-order valence-corrected chi connectivity index (χ0v) is 7.49. The SMILES string of the molecule is O=c1c(O)c(O)c(CC(F)(F)F)c(O)n1O. The van der Waals surface area contributed by atoms with Gasteiger partial charge in [-0.3, -0.25) is 4.79 Å². The van der Waals surface area contributed by atoms with Crippen LogP contribution in [0.15, 0.2) is 4.79 Å². The predicted octanol–water partition coefficient (Wildman–Crippen LogP) is 0.307. The first-order chi connectivity index (χ1) is 7.15. The number of halogens is 3. The molecule has 4 N–H and O–H groups in total. The van der Waals surface area contributed by atoms with Crippen molar-refractivity contribution in [2.75, 3.05) is 0 Å². The van der Waals surface area contributed by atoms with Gasteiger partial charge in [0.15, 0.2) is 5.75 Å². The van der Waals surface area contributed by atoms with Gasteiger partial charge in [-0.1, -0.05) is 0 Å². The van der Waals surface area contributed by atoms with E-state index in [0.29, 0.717) is 0 Å². The average Bonchev–Trinajstić information content (AvgIpc) is 2.17. The molecule has 0 bridgehead atoms. The Bertz CT molecular complexity index is 446. The van der Waals surface area contributed by atoms with Crippen LogP contribution in [-0.2, 0) is 6.42 Å². The highest BCUT2D eigenvalue weighted by Crippen LogP contribution is 2.35. The topological polar surface area (TPSA) is 103 Å². The van der Waals surface area contributed by atoms with Gasteiger partial charge in [-0.25, -0.2) is 0 Å². The maximum atomic E-state index is 12.0. The van der Waals surface area contributed by atoms with Gasteiger partial charge in [-0.15, -0.1) is 4.73 Å². The standard InChI is InChI=1S/C7H6F3NO5/c8-7(9,10)1-2-3(12)4(13)6(15)11(16)5(2)14/h12-14,16H,1H2. The largest absolute Gasteiger partial charge is 0.504 e.